The molecule has 2 amide bonds. The summed E-state index contributed by atoms with van der Waals surface area (Å²) in [5.74, 6) is 0.886. The number of aromatic nitrogens is 5. The number of fused-ring (bicyclic) bond motifs is 2. The third-order valence-electron chi connectivity index (χ3n) is 7.52. The highest BCUT2D eigenvalue weighted by Crippen LogP contribution is 2.47. The highest BCUT2D eigenvalue weighted by molar-refractivity contribution is 6.08. The van der Waals surface area contributed by atoms with Crippen LogP contribution < -0.4 is 10.1 Å². The second-order valence-electron chi connectivity index (χ2n) is 9.77. The topological polar surface area (TPSA) is 107 Å². The number of likely N-dealkylation sites (tertiary alicyclic amines) is 1. The van der Waals surface area contributed by atoms with Gasteiger partial charge >= 0.3 is 0 Å². The van der Waals surface area contributed by atoms with Gasteiger partial charge in [0, 0.05) is 43.9 Å². The first-order valence-electron chi connectivity index (χ1n) is 11.9. The van der Waals surface area contributed by atoms with Gasteiger partial charge in [0.1, 0.15) is 5.75 Å². The molecular formula is C25H27N7O3. The molecule has 180 valence electrons. The molecule has 0 radical (unpaired) electrons. The van der Waals surface area contributed by atoms with Crippen LogP contribution in [0.3, 0.4) is 0 Å². The average Bonchev–Trinajstić information content (AvgIpc) is 3.54. The fraction of sp³-hybridized carbons (Fsp3) is 0.400. The zero-order chi connectivity index (χ0) is 24.2. The smallest absolute Gasteiger partial charge is 0.260 e. The zero-order valence-corrected chi connectivity index (χ0v) is 19.8. The van der Waals surface area contributed by atoms with Gasteiger partial charge in [-0.05, 0) is 49.3 Å². The lowest BCUT2D eigenvalue weighted by molar-refractivity contribution is -0.126. The minimum absolute atomic E-state index is 0.121. The quantitative estimate of drug-likeness (QED) is 0.487. The van der Waals surface area contributed by atoms with Crippen molar-refractivity contribution in [2.24, 2.45) is 5.41 Å². The van der Waals surface area contributed by atoms with Crippen molar-refractivity contribution in [1.29, 1.82) is 0 Å². The predicted molar refractivity (Wildman–Crippen MR) is 129 cm³/mol. The number of hydrogen-bond acceptors (Lipinski definition) is 6. The Hall–Kier alpha value is -3.95. The largest absolute Gasteiger partial charge is 0.496 e. The van der Waals surface area contributed by atoms with E-state index in [0.717, 1.165) is 43.1 Å². The number of nitrogens with zero attached hydrogens (tertiary/aromatic N) is 6. The van der Waals surface area contributed by atoms with Crippen molar-refractivity contribution in [2.45, 2.75) is 38.1 Å². The van der Waals surface area contributed by atoms with E-state index in [1.165, 1.54) is 0 Å². The van der Waals surface area contributed by atoms with Crippen LogP contribution in [0.2, 0.25) is 0 Å². The molecule has 1 N–H and O–H groups in total. The summed E-state index contributed by atoms with van der Waals surface area (Å²) < 4.78 is 9.13. The molecule has 0 atom stereocenters. The van der Waals surface area contributed by atoms with Crippen molar-refractivity contribution < 1.29 is 14.3 Å². The number of benzene rings is 1. The Morgan fingerprint density at radius 3 is 2.83 bits per heavy atom. The molecule has 10 heteroatoms. The molecule has 0 bridgehead atoms. The van der Waals surface area contributed by atoms with E-state index < -0.39 is 0 Å². The number of nitrogens with one attached hydrogen (secondary N) is 1. The molecule has 4 heterocycles. The third kappa shape index (κ3) is 3.69. The Labute approximate surface area is 201 Å². The predicted octanol–water partition coefficient (Wildman–Crippen LogP) is 3.30. The molecule has 2 aliphatic rings. The van der Waals surface area contributed by atoms with E-state index in [4.69, 9.17) is 9.84 Å². The molecule has 1 saturated heterocycles. The summed E-state index contributed by atoms with van der Waals surface area (Å²) in [5.41, 5.74) is 1.97. The molecule has 1 spiro atoms. The second-order valence-corrected chi connectivity index (χ2v) is 9.77. The lowest BCUT2D eigenvalue weighted by atomic mass is 9.72. The number of methoxy groups -OCH3 is 1. The van der Waals surface area contributed by atoms with Crippen LogP contribution in [0.4, 0.5) is 5.82 Å². The number of rotatable bonds is 4. The van der Waals surface area contributed by atoms with E-state index in [1.807, 2.05) is 41.0 Å². The number of hydrogen-bond donors (Lipinski definition) is 1. The fourth-order valence-electron chi connectivity index (χ4n) is 5.62. The van der Waals surface area contributed by atoms with Crippen molar-refractivity contribution in [3.8, 4) is 5.75 Å². The van der Waals surface area contributed by atoms with E-state index in [0.29, 0.717) is 29.2 Å². The van der Waals surface area contributed by atoms with Crippen molar-refractivity contribution in [3.63, 3.8) is 0 Å². The van der Waals surface area contributed by atoms with Gasteiger partial charge in [-0.2, -0.15) is 14.7 Å². The molecule has 1 aromatic carbocycles. The van der Waals surface area contributed by atoms with Crippen LogP contribution >= 0.6 is 0 Å². The van der Waals surface area contributed by atoms with Crippen LogP contribution in [0.5, 0.6) is 5.75 Å². The monoisotopic (exact) mass is 473 g/mol. The maximum Gasteiger partial charge on any atom is 0.260 e. The summed E-state index contributed by atoms with van der Waals surface area (Å²) in [6.07, 6.45) is 9.91. The van der Waals surface area contributed by atoms with Gasteiger partial charge in [-0.3, -0.25) is 14.3 Å². The number of carbonyl (C=O) groups excluding carboxylic acids is 2. The number of anilines is 1. The maximum absolute atomic E-state index is 13.2. The summed E-state index contributed by atoms with van der Waals surface area (Å²) in [6, 6.07) is 7.52. The van der Waals surface area contributed by atoms with Crippen molar-refractivity contribution in [2.75, 3.05) is 26.0 Å². The molecule has 1 aliphatic heterocycles. The van der Waals surface area contributed by atoms with Crippen LogP contribution in [-0.2, 0) is 4.79 Å². The number of carbonyl (C=O) groups is 2. The van der Waals surface area contributed by atoms with E-state index >= 15 is 0 Å². The fourth-order valence-corrected chi connectivity index (χ4v) is 5.62. The van der Waals surface area contributed by atoms with Crippen LogP contribution in [0.15, 0.2) is 42.9 Å². The Morgan fingerprint density at radius 2 is 2.09 bits per heavy atom. The van der Waals surface area contributed by atoms with E-state index in [9.17, 15) is 9.59 Å². The summed E-state index contributed by atoms with van der Waals surface area (Å²) in [7, 11) is 3.45. The average molecular weight is 474 g/mol. The van der Waals surface area contributed by atoms with Crippen LogP contribution in [0.1, 0.15) is 48.5 Å². The molecule has 35 heavy (non-hydrogen) atoms. The minimum Gasteiger partial charge on any atom is -0.496 e. The van der Waals surface area contributed by atoms with Crippen LogP contribution in [0, 0.1) is 5.41 Å². The van der Waals surface area contributed by atoms with E-state index in [2.05, 4.69) is 15.4 Å². The lowest BCUT2D eigenvalue weighted by Crippen LogP contribution is -2.31. The van der Waals surface area contributed by atoms with Crippen molar-refractivity contribution in [1.82, 2.24) is 29.3 Å². The second kappa shape index (κ2) is 8.07. The normalized spacial score (nSPS) is 22.4. The lowest BCUT2D eigenvalue weighted by Gasteiger charge is -2.36. The first kappa shape index (κ1) is 21.6. The molecule has 10 nitrogen and oxygen atoms in total. The third-order valence-corrected chi connectivity index (χ3v) is 7.52. The molecule has 1 saturated carbocycles. The summed E-state index contributed by atoms with van der Waals surface area (Å²) in [5, 5.41) is 12.8. The highest BCUT2D eigenvalue weighted by atomic mass is 16.5. The maximum atomic E-state index is 13.2. The van der Waals surface area contributed by atoms with E-state index in [1.54, 1.807) is 30.1 Å². The van der Waals surface area contributed by atoms with Crippen molar-refractivity contribution in [3.05, 3.63) is 48.4 Å². The molecule has 1 aliphatic carbocycles. The summed E-state index contributed by atoms with van der Waals surface area (Å²) >= 11 is 0. The number of imidazole rings is 1. The van der Waals surface area contributed by atoms with E-state index in [-0.39, 0.29) is 23.3 Å². The summed E-state index contributed by atoms with van der Waals surface area (Å²) in [6.45, 7) is 0.858. The molecule has 2 fully saturated rings. The molecule has 4 aromatic rings. The van der Waals surface area contributed by atoms with Gasteiger partial charge in [0.2, 0.25) is 5.91 Å². The Balaban J connectivity index is 1.24. The zero-order valence-electron chi connectivity index (χ0n) is 19.8. The minimum atomic E-state index is -0.307. The molecular weight excluding hydrogens is 446 g/mol. The van der Waals surface area contributed by atoms with Crippen molar-refractivity contribution >= 4 is 34.2 Å². The first-order valence-corrected chi connectivity index (χ1v) is 11.9. The Kier molecular flexibility index (Phi) is 4.98. The van der Waals surface area contributed by atoms with Gasteiger partial charge < -0.3 is 15.0 Å². The SMILES string of the molecule is COc1cc2nn([C@H]3CC[C@]4(CC3)CC(=O)N(C)C4)cc2cc1C(=O)Nc1cnc2cccnn12. The summed E-state index contributed by atoms with van der Waals surface area (Å²) in [4.78, 5) is 31.4. The van der Waals surface area contributed by atoms with Gasteiger partial charge in [0.05, 0.1) is 30.4 Å². The van der Waals surface area contributed by atoms with Crippen LogP contribution in [0.25, 0.3) is 16.6 Å². The van der Waals surface area contributed by atoms with Gasteiger partial charge in [-0.15, -0.1) is 0 Å². The molecule has 3 aromatic heterocycles. The van der Waals surface area contributed by atoms with Gasteiger partial charge in [0.25, 0.3) is 5.91 Å². The first-order chi connectivity index (χ1) is 16.9. The van der Waals surface area contributed by atoms with Gasteiger partial charge in [0.15, 0.2) is 11.5 Å². The standard InChI is InChI=1S/C25H27N7O3/c1-30-15-25(12-23(30)33)7-5-17(6-8-25)31-14-16-10-18(20(35-2)11-19(16)29-31)24(34)28-22-13-26-21-4-3-9-27-32(21)22/h3-4,9-11,13-14,17H,5-8,12,15H2,1-2H3,(H,28,34)/t17-,25-. The number of ether oxygens (including phenoxy) is 1. The van der Waals surface area contributed by atoms with Crippen LogP contribution in [-0.4, -0.2) is 61.8 Å². The molecule has 6 rings (SSSR count). The van der Waals surface area contributed by atoms with Gasteiger partial charge in [-0.1, -0.05) is 0 Å². The molecule has 0 unspecified atom stereocenters. The highest BCUT2D eigenvalue weighted by Gasteiger charge is 2.44. The number of amides is 2. The van der Waals surface area contributed by atoms with Gasteiger partial charge in [-0.25, -0.2) is 4.98 Å². The Morgan fingerprint density at radius 1 is 1.26 bits per heavy atom. The Bertz CT molecular complexity index is 1450.